The van der Waals surface area contributed by atoms with Crippen LogP contribution in [0.1, 0.15) is 39.2 Å². The molecule has 0 radical (unpaired) electrons. The fraction of sp³-hybridized carbons (Fsp3) is 0.579. The van der Waals surface area contributed by atoms with Crippen LogP contribution in [-0.4, -0.2) is 47.9 Å². The first-order chi connectivity index (χ1) is 12.2. The standard InChI is InChI=1S/C19H27N3O4/c1-19(2,3)26-18(25)21-11-15(23)10-20-13-4-7-16-12(8-13)9-17(24)22(16)14-5-6-14/h4,7-8,14-15,20,23H,5-6,9-11H2,1-3H3,(H,21,25)/t15-/m0/s1. The van der Waals surface area contributed by atoms with Crippen LogP contribution in [0.15, 0.2) is 18.2 Å². The van der Waals surface area contributed by atoms with E-state index in [1.54, 1.807) is 20.8 Å². The van der Waals surface area contributed by atoms with Gasteiger partial charge < -0.3 is 25.4 Å². The highest BCUT2D eigenvalue weighted by Gasteiger charge is 2.38. The zero-order valence-corrected chi connectivity index (χ0v) is 15.5. The van der Waals surface area contributed by atoms with E-state index in [1.807, 2.05) is 23.1 Å². The highest BCUT2D eigenvalue weighted by molar-refractivity contribution is 6.02. The Morgan fingerprint density at radius 1 is 1.35 bits per heavy atom. The molecule has 3 rings (SSSR count). The molecule has 3 N–H and O–H groups in total. The lowest BCUT2D eigenvalue weighted by Gasteiger charge is -2.21. The maximum absolute atomic E-state index is 12.2. The van der Waals surface area contributed by atoms with Crippen LogP contribution in [0.4, 0.5) is 16.2 Å². The third-order valence-corrected chi connectivity index (χ3v) is 4.28. The molecular formula is C19H27N3O4. The maximum Gasteiger partial charge on any atom is 0.407 e. The van der Waals surface area contributed by atoms with Crippen molar-refractivity contribution in [3.63, 3.8) is 0 Å². The minimum atomic E-state index is -0.750. The molecule has 0 aromatic heterocycles. The molecule has 1 aromatic rings. The van der Waals surface area contributed by atoms with Crippen molar-refractivity contribution < 1.29 is 19.4 Å². The topological polar surface area (TPSA) is 90.9 Å². The van der Waals surface area contributed by atoms with Crippen molar-refractivity contribution >= 4 is 23.4 Å². The van der Waals surface area contributed by atoms with Gasteiger partial charge in [0.05, 0.1) is 12.5 Å². The van der Waals surface area contributed by atoms with Crippen molar-refractivity contribution in [2.45, 2.75) is 57.8 Å². The van der Waals surface area contributed by atoms with Crippen LogP contribution in [0, 0.1) is 0 Å². The SMILES string of the molecule is CC(C)(C)OC(=O)NC[C@@H](O)CNc1ccc2c(c1)CC(=O)N2C1CC1. The first-order valence-corrected chi connectivity index (χ1v) is 9.07. The first kappa shape index (κ1) is 18.5. The number of hydrogen-bond donors (Lipinski definition) is 3. The summed E-state index contributed by atoms with van der Waals surface area (Å²) in [5.74, 6) is 0.168. The van der Waals surface area contributed by atoms with Gasteiger partial charge in [0.2, 0.25) is 5.91 Å². The largest absolute Gasteiger partial charge is 0.444 e. The molecule has 2 aliphatic rings. The Labute approximate surface area is 153 Å². The van der Waals surface area contributed by atoms with Crippen LogP contribution in [0.2, 0.25) is 0 Å². The number of aliphatic hydroxyl groups is 1. The second-order valence-corrected chi connectivity index (χ2v) is 7.93. The summed E-state index contributed by atoms with van der Waals surface area (Å²) in [6.07, 6.45) is 1.31. The third-order valence-electron chi connectivity index (χ3n) is 4.28. The number of amides is 2. The number of nitrogens with zero attached hydrogens (tertiary/aromatic N) is 1. The van der Waals surface area contributed by atoms with Crippen molar-refractivity contribution in [2.75, 3.05) is 23.3 Å². The van der Waals surface area contributed by atoms with Crippen LogP contribution in [0.3, 0.4) is 0 Å². The molecule has 26 heavy (non-hydrogen) atoms. The molecule has 7 nitrogen and oxygen atoms in total. The van der Waals surface area contributed by atoms with Gasteiger partial charge in [-0.15, -0.1) is 0 Å². The molecule has 2 amide bonds. The van der Waals surface area contributed by atoms with Gasteiger partial charge in [-0.05, 0) is 57.4 Å². The molecule has 1 heterocycles. The Balaban J connectivity index is 1.47. The van der Waals surface area contributed by atoms with Crippen LogP contribution in [0.25, 0.3) is 0 Å². The minimum absolute atomic E-state index is 0.0980. The summed E-state index contributed by atoms with van der Waals surface area (Å²) >= 11 is 0. The van der Waals surface area contributed by atoms with E-state index in [2.05, 4.69) is 10.6 Å². The number of aliphatic hydroxyl groups excluding tert-OH is 1. The monoisotopic (exact) mass is 361 g/mol. The number of benzene rings is 1. The van der Waals surface area contributed by atoms with Gasteiger partial charge in [-0.25, -0.2) is 4.79 Å². The molecule has 1 atom stereocenters. The number of ether oxygens (including phenoxy) is 1. The maximum atomic E-state index is 12.2. The van der Waals surface area contributed by atoms with Crippen molar-refractivity contribution in [1.82, 2.24) is 5.32 Å². The highest BCUT2D eigenvalue weighted by Crippen LogP contribution is 2.39. The number of carbonyl (C=O) groups is 2. The van der Waals surface area contributed by atoms with E-state index in [9.17, 15) is 14.7 Å². The average molecular weight is 361 g/mol. The number of rotatable bonds is 6. The molecule has 1 aliphatic carbocycles. The predicted octanol–water partition coefficient (Wildman–Crippen LogP) is 2.04. The smallest absolute Gasteiger partial charge is 0.407 e. The van der Waals surface area contributed by atoms with Gasteiger partial charge in [-0.3, -0.25) is 4.79 Å². The summed E-state index contributed by atoms with van der Waals surface area (Å²) in [6, 6.07) is 6.22. The molecule has 1 aliphatic heterocycles. The lowest BCUT2D eigenvalue weighted by molar-refractivity contribution is -0.117. The molecule has 7 heteroatoms. The van der Waals surface area contributed by atoms with Crippen molar-refractivity contribution in [3.05, 3.63) is 23.8 Å². The van der Waals surface area contributed by atoms with E-state index in [4.69, 9.17) is 4.74 Å². The Hall–Kier alpha value is -2.28. The first-order valence-electron chi connectivity index (χ1n) is 9.07. The van der Waals surface area contributed by atoms with Gasteiger partial charge in [0, 0.05) is 30.5 Å². The van der Waals surface area contributed by atoms with E-state index in [-0.39, 0.29) is 19.0 Å². The third kappa shape index (κ3) is 4.66. The van der Waals surface area contributed by atoms with Gasteiger partial charge in [0.25, 0.3) is 0 Å². The fourth-order valence-electron chi connectivity index (χ4n) is 3.01. The van der Waals surface area contributed by atoms with E-state index in [1.165, 1.54) is 0 Å². The normalized spacial score (nSPS) is 17.7. The van der Waals surface area contributed by atoms with Gasteiger partial charge in [0.15, 0.2) is 0 Å². The molecule has 0 unspecified atom stereocenters. The van der Waals surface area contributed by atoms with E-state index in [0.717, 1.165) is 29.8 Å². The predicted molar refractivity (Wildman–Crippen MR) is 99.4 cm³/mol. The van der Waals surface area contributed by atoms with Crippen molar-refractivity contribution in [1.29, 1.82) is 0 Å². The van der Waals surface area contributed by atoms with E-state index < -0.39 is 17.8 Å². The van der Waals surface area contributed by atoms with Gasteiger partial charge in [0.1, 0.15) is 5.60 Å². The van der Waals surface area contributed by atoms with Crippen LogP contribution in [0.5, 0.6) is 0 Å². The lowest BCUT2D eigenvalue weighted by Crippen LogP contribution is -2.39. The Morgan fingerprint density at radius 3 is 2.73 bits per heavy atom. The molecule has 0 spiro atoms. The second kappa shape index (κ2) is 7.15. The zero-order valence-electron chi connectivity index (χ0n) is 15.5. The summed E-state index contributed by atoms with van der Waals surface area (Å²) in [5, 5.41) is 15.7. The molecule has 0 bridgehead atoms. The minimum Gasteiger partial charge on any atom is -0.444 e. The average Bonchev–Trinajstić information content (AvgIpc) is 3.31. The number of alkyl carbamates (subject to hydrolysis) is 1. The van der Waals surface area contributed by atoms with Gasteiger partial charge >= 0.3 is 6.09 Å². The Morgan fingerprint density at radius 2 is 2.08 bits per heavy atom. The zero-order chi connectivity index (χ0) is 18.9. The quantitative estimate of drug-likeness (QED) is 0.721. The lowest BCUT2D eigenvalue weighted by atomic mass is 10.1. The number of nitrogens with one attached hydrogen (secondary N) is 2. The van der Waals surface area contributed by atoms with Crippen LogP contribution in [-0.2, 0) is 16.0 Å². The summed E-state index contributed by atoms with van der Waals surface area (Å²) in [4.78, 5) is 25.7. The summed E-state index contributed by atoms with van der Waals surface area (Å²) in [7, 11) is 0. The molecule has 1 saturated carbocycles. The Kier molecular flexibility index (Phi) is 5.09. The van der Waals surface area contributed by atoms with Crippen molar-refractivity contribution in [2.24, 2.45) is 0 Å². The number of hydrogen-bond acceptors (Lipinski definition) is 5. The summed E-state index contributed by atoms with van der Waals surface area (Å²) in [5.41, 5.74) is 2.32. The van der Waals surface area contributed by atoms with E-state index >= 15 is 0 Å². The molecule has 142 valence electrons. The summed E-state index contributed by atoms with van der Waals surface area (Å²) < 4.78 is 5.13. The van der Waals surface area contributed by atoms with E-state index in [0.29, 0.717) is 12.5 Å². The highest BCUT2D eigenvalue weighted by atomic mass is 16.6. The number of carbonyl (C=O) groups excluding carboxylic acids is 2. The molecule has 0 saturated heterocycles. The second-order valence-electron chi connectivity index (χ2n) is 7.93. The van der Waals surface area contributed by atoms with Crippen LogP contribution >= 0.6 is 0 Å². The van der Waals surface area contributed by atoms with Gasteiger partial charge in [-0.1, -0.05) is 0 Å². The van der Waals surface area contributed by atoms with Crippen molar-refractivity contribution in [3.8, 4) is 0 Å². The molecule has 1 aromatic carbocycles. The van der Waals surface area contributed by atoms with Crippen LogP contribution < -0.4 is 15.5 Å². The molecular weight excluding hydrogens is 334 g/mol. The summed E-state index contributed by atoms with van der Waals surface area (Å²) in [6.45, 7) is 5.74. The number of fused-ring (bicyclic) bond motifs is 1. The Bertz CT molecular complexity index is 695. The number of anilines is 2. The molecule has 1 fully saturated rings. The van der Waals surface area contributed by atoms with Gasteiger partial charge in [-0.2, -0.15) is 0 Å². The fourth-order valence-corrected chi connectivity index (χ4v) is 3.01.